The van der Waals surface area contributed by atoms with Crippen LogP contribution >= 0.6 is 11.6 Å². The summed E-state index contributed by atoms with van der Waals surface area (Å²) >= 11 is 6.32. The van der Waals surface area contributed by atoms with Gasteiger partial charge in [-0.1, -0.05) is 42.4 Å². The molecule has 2 aromatic heterocycles. The van der Waals surface area contributed by atoms with Crippen LogP contribution in [-0.2, 0) is 9.53 Å². The molecule has 1 atom stereocenters. The van der Waals surface area contributed by atoms with Crippen LogP contribution in [0.25, 0.3) is 32.9 Å². The van der Waals surface area contributed by atoms with Gasteiger partial charge in [0.1, 0.15) is 22.8 Å². The summed E-state index contributed by atoms with van der Waals surface area (Å²) in [6, 6.07) is 9.10. The largest absolute Gasteiger partial charge is 0.463 e. The van der Waals surface area contributed by atoms with Crippen LogP contribution in [0.2, 0.25) is 5.02 Å². The van der Waals surface area contributed by atoms with E-state index in [2.05, 4.69) is 21.5 Å². The van der Waals surface area contributed by atoms with Crippen LogP contribution in [0.1, 0.15) is 6.42 Å². The quantitative estimate of drug-likeness (QED) is 0.263. The molecule has 1 amide bonds. The van der Waals surface area contributed by atoms with E-state index >= 15 is 4.39 Å². The third-order valence-electron chi connectivity index (χ3n) is 7.59. The van der Waals surface area contributed by atoms with Crippen LogP contribution in [0.3, 0.4) is 0 Å². The molecule has 2 fully saturated rings. The summed E-state index contributed by atoms with van der Waals surface area (Å²) in [7, 11) is 0. The number of piperazine rings is 1. The first-order valence-electron chi connectivity index (χ1n) is 13.5. The number of anilines is 1. The highest BCUT2D eigenvalue weighted by molar-refractivity contribution is 6.36. The van der Waals surface area contributed by atoms with Crippen LogP contribution < -0.4 is 9.64 Å². The third kappa shape index (κ3) is 5.30. The van der Waals surface area contributed by atoms with Crippen LogP contribution in [0, 0.1) is 28.9 Å². The number of hydrogen-bond donors (Lipinski definition) is 0. The second-order valence-corrected chi connectivity index (χ2v) is 10.7. The molecule has 2 aromatic carbocycles. The van der Waals surface area contributed by atoms with Gasteiger partial charge in [0, 0.05) is 42.7 Å². The monoisotopic (exact) mass is 608 g/mol. The van der Waals surface area contributed by atoms with Crippen LogP contribution in [-0.4, -0.2) is 71.3 Å². The minimum absolute atomic E-state index is 0.0707. The lowest BCUT2D eigenvalue weighted by atomic mass is 10.0. The Kier molecular flexibility index (Phi) is 7.77. The van der Waals surface area contributed by atoms with E-state index in [9.17, 15) is 18.8 Å². The maximum atomic E-state index is 16.4. The smallest absolute Gasteiger partial charge is 0.319 e. The minimum Gasteiger partial charge on any atom is -0.463 e. The molecule has 0 unspecified atom stereocenters. The predicted octanol–water partition coefficient (Wildman–Crippen LogP) is 5.22. The van der Waals surface area contributed by atoms with E-state index in [0.717, 1.165) is 0 Å². The summed E-state index contributed by atoms with van der Waals surface area (Å²) in [5.41, 5.74) is 0.1000. The lowest BCUT2D eigenvalue weighted by molar-refractivity contribution is -0.131. The third-order valence-corrected chi connectivity index (χ3v) is 7.96. The number of nitrogens with zero attached hydrogens (tertiary/aromatic N) is 6. The Morgan fingerprint density at radius 2 is 2.02 bits per heavy atom. The van der Waals surface area contributed by atoms with Crippen molar-refractivity contribution in [2.24, 2.45) is 5.92 Å². The molecule has 13 heteroatoms. The number of ether oxygens (including phenoxy) is 2. The van der Waals surface area contributed by atoms with Gasteiger partial charge in [-0.05, 0) is 11.5 Å². The number of carbonyl (C=O) groups excluding carboxylic acids is 1. The van der Waals surface area contributed by atoms with E-state index in [1.165, 1.54) is 17.2 Å². The number of amides is 1. The molecule has 4 heterocycles. The number of nitriles is 1. The zero-order valence-corrected chi connectivity index (χ0v) is 23.5. The Hall–Kier alpha value is -4.47. The number of halogens is 4. The molecule has 0 saturated carbocycles. The fourth-order valence-electron chi connectivity index (χ4n) is 5.35. The number of aromatic nitrogens is 3. The Balaban J connectivity index is 1.46. The average Bonchev–Trinajstić information content (AvgIpc) is 2.98. The predicted molar refractivity (Wildman–Crippen MR) is 153 cm³/mol. The van der Waals surface area contributed by atoms with Gasteiger partial charge in [-0.2, -0.15) is 15.2 Å². The van der Waals surface area contributed by atoms with Crippen molar-refractivity contribution in [3.05, 3.63) is 65.6 Å². The summed E-state index contributed by atoms with van der Waals surface area (Å²) in [4.78, 5) is 28.8. The van der Waals surface area contributed by atoms with Crippen molar-refractivity contribution in [2.45, 2.75) is 12.5 Å². The zero-order valence-electron chi connectivity index (χ0n) is 22.7. The van der Waals surface area contributed by atoms with Crippen LogP contribution in [0.15, 0.2) is 48.9 Å². The second-order valence-electron chi connectivity index (χ2n) is 10.4. The topological polar surface area (TPSA) is 104 Å². The number of rotatable bonds is 7. The van der Waals surface area contributed by atoms with Gasteiger partial charge in [0.15, 0.2) is 11.6 Å². The van der Waals surface area contributed by atoms with Gasteiger partial charge in [-0.3, -0.25) is 9.78 Å². The molecule has 6 rings (SSSR count). The Morgan fingerprint density at radius 3 is 2.74 bits per heavy atom. The van der Waals surface area contributed by atoms with Crippen molar-refractivity contribution >= 4 is 45.0 Å². The summed E-state index contributed by atoms with van der Waals surface area (Å²) < 4.78 is 55.7. The molecule has 0 bridgehead atoms. The molecule has 220 valence electrons. The number of fused-ring (bicyclic) bond motifs is 2. The lowest BCUT2D eigenvalue weighted by Crippen LogP contribution is -2.55. The van der Waals surface area contributed by atoms with Gasteiger partial charge in [-0.15, -0.1) is 0 Å². The average molecular weight is 609 g/mol. The first-order valence-corrected chi connectivity index (χ1v) is 13.9. The molecule has 0 N–H and O–H groups in total. The van der Waals surface area contributed by atoms with E-state index in [-0.39, 0.29) is 77.6 Å². The molecule has 0 radical (unpaired) electrons. The lowest BCUT2D eigenvalue weighted by Gasteiger charge is -2.41. The van der Waals surface area contributed by atoms with E-state index in [1.54, 1.807) is 29.2 Å². The summed E-state index contributed by atoms with van der Waals surface area (Å²) in [5.74, 6) is -3.03. The minimum atomic E-state index is -1.12. The van der Waals surface area contributed by atoms with Gasteiger partial charge in [0.25, 0.3) is 5.91 Å². The van der Waals surface area contributed by atoms with E-state index in [4.69, 9.17) is 21.1 Å². The first-order chi connectivity index (χ1) is 20.8. The van der Waals surface area contributed by atoms with E-state index < -0.39 is 29.4 Å². The number of benzene rings is 2. The van der Waals surface area contributed by atoms with Crippen LogP contribution in [0.4, 0.5) is 19.0 Å². The highest BCUT2D eigenvalue weighted by Crippen LogP contribution is 2.38. The fraction of sp³-hybridized carbons (Fsp3) is 0.300. The summed E-state index contributed by atoms with van der Waals surface area (Å²) in [5, 5.41) is 10.4. The summed E-state index contributed by atoms with van der Waals surface area (Å²) in [6.07, 6.45) is 1.34. The highest BCUT2D eigenvalue weighted by Gasteiger charge is 2.34. The number of carbonyl (C=O) groups is 1. The van der Waals surface area contributed by atoms with Gasteiger partial charge in [-0.25, -0.2) is 13.2 Å². The molecule has 0 spiro atoms. The molecule has 2 aliphatic rings. The van der Waals surface area contributed by atoms with Crippen molar-refractivity contribution in [1.29, 1.82) is 5.26 Å². The van der Waals surface area contributed by atoms with E-state index in [1.807, 2.05) is 6.07 Å². The van der Waals surface area contributed by atoms with Gasteiger partial charge >= 0.3 is 6.01 Å². The Bertz CT molecular complexity index is 1810. The Morgan fingerprint density at radius 1 is 1.21 bits per heavy atom. The molecule has 2 saturated heterocycles. The summed E-state index contributed by atoms with van der Waals surface area (Å²) in [6.45, 7) is 4.76. The highest BCUT2D eigenvalue weighted by atomic mass is 35.5. The van der Waals surface area contributed by atoms with Crippen molar-refractivity contribution in [2.75, 3.05) is 44.4 Å². The van der Waals surface area contributed by atoms with Crippen molar-refractivity contribution in [3.8, 4) is 23.3 Å². The normalized spacial score (nSPS) is 17.1. The van der Waals surface area contributed by atoms with Crippen LogP contribution in [0.5, 0.6) is 6.01 Å². The van der Waals surface area contributed by atoms with Gasteiger partial charge in [0.05, 0.1) is 48.8 Å². The van der Waals surface area contributed by atoms with Crippen molar-refractivity contribution < 1.29 is 27.4 Å². The standard InChI is InChI=1S/C30H24ClF3N6O3/c1-16(32)29(41)40-10-9-39(12-19(40)7-8-35)28-21-11-36-26(20-4-2-3-18-5-6-22(33)24(31)23(18)20)25(34)27(21)37-30(38-28)43-15-17-13-42-14-17/h2-6,11,17,19H,1,7,9-10,12-15H2/t19-/m0/s1. The molecule has 2 aliphatic heterocycles. The van der Waals surface area contributed by atoms with E-state index in [0.29, 0.717) is 24.0 Å². The SMILES string of the molecule is C=C(F)C(=O)N1CCN(c2nc(OCC3COC3)nc3c(F)c(-c4cccc5ccc(F)c(Cl)c45)ncc23)C[C@@H]1CC#N. The molecule has 9 nitrogen and oxygen atoms in total. The molecule has 0 aliphatic carbocycles. The van der Waals surface area contributed by atoms with Gasteiger partial charge < -0.3 is 19.3 Å². The maximum Gasteiger partial charge on any atom is 0.319 e. The number of pyridine rings is 1. The first kappa shape index (κ1) is 28.6. The Labute approximate surface area is 249 Å². The molecule has 4 aromatic rings. The zero-order chi connectivity index (χ0) is 30.2. The molecular formula is C30H24ClF3N6O3. The fourth-order valence-corrected chi connectivity index (χ4v) is 5.62. The van der Waals surface area contributed by atoms with Crippen molar-refractivity contribution in [3.63, 3.8) is 0 Å². The maximum absolute atomic E-state index is 16.4. The second kappa shape index (κ2) is 11.7. The van der Waals surface area contributed by atoms with Crippen molar-refractivity contribution in [1.82, 2.24) is 19.9 Å². The molecular weight excluding hydrogens is 585 g/mol. The van der Waals surface area contributed by atoms with Gasteiger partial charge in [0.2, 0.25) is 0 Å². The number of hydrogen-bond acceptors (Lipinski definition) is 8. The molecule has 43 heavy (non-hydrogen) atoms.